The lowest BCUT2D eigenvalue weighted by Gasteiger charge is -2.15. The summed E-state index contributed by atoms with van der Waals surface area (Å²) in [6, 6.07) is 9.54. The van der Waals surface area contributed by atoms with Crippen LogP contribution in [0.3, 0.4) is 0 Å². The molecule has 0 aliphatic carbocycles. The SMILES string of the molecule is COc1ccnc(C[S+]([O-])c2nc3cc(OC(N)(F)F)ccc3n2S(=O)(=O)c2ccc(OCC(=O)O)cc2)c1OC. The summed E-state index contributed by atoms with van der Waals surface area (Å²) < 4.78 is 88.5. The third kappa shape index (κ3) is 6.59. The molecule has 218 valence electrons. The molecule has 3 N–H and O–H groups in total. The summed E-state index contributed by atoms with van der Waals surface area (Å²) in [5.74, 6) is -1.44. The Morgan fingerprint density at radius 1 is 1.12 bits per heavy atom. The lowest BCUT2D eigenvalue weighted by Crippen LogP contribution is -2.35. The summed E-state index contributed by atoms with van der Waals surface area (Å²) >= 11 is -2.19. The number of hydrogen-bond acceptors (Lipinski definition) is 11. The van der Waals surface area contributed by atoms with E-state index >= 15 is 0 Å². The molecule has 2 aromatic carbocycles. The smallest absolute Gasteiger partial charge is 0.466 e. The number of halogens is 2. The van der Waals surface area contributed by atoms with Crippen molar-refractivity contribution in [2.45, 2.75) is 22.0 Å². The number of fused-ring (bicyclic) bond motifs is 1. The fourth-order valence-corrected chi connectivity index (χ4v) is 6.67. The van der Waals surface area contributed by atoms with Crippen molar-refractivity contribution < 1.29 is 50.6 Å². The predicted molar refractivity (Wildman–Crippen MR) is 139 cm³/mol. The van der Waals surface area contributed by atoms with Crippen LogP contribution in [-0.4, -0.2) is 65.0 Å². The zero-order valence-electron chi connectivity index (χ0n) is 21.3. The third-order valence-corrected chi connectivity index (χ3v) is 8.42. The Morgan fingerprint density at radius 2 is 1.80 bits per heavy atom. The number of aliphatic carboxylic acids is 1. The molecule has 1 atom stereocenters. The first-order chi connectivity index (χ1) is 19.3. The first-order valence-corrected chi connectivity index (χ1v) is 14.1. The van der Waals surface area contributed by atoms with Gasteiger partial charge in [-0.2, -0.15) is 8.96 Å². The molecule has 17 heteroatoms. The van der Waals surface area contributed by atoms with Gasteiger partial charge >= 0.3 is 17.4 Å². The van der Waals surface area contributed by atoms with Crippen molar-refractivity contribution in [3.8, 4) is 23.0 Å². The van der Waals surface area contributed by atoms with Crippen molar-refractivity contribution in [3.63, 3.8) is 0 Å². The Labute approximate surface area is 234 Å². The lowest BCUT2D eigenvalue weighted by atomic mass is 10.3. The number of carbonyl (C=O) groups is 1. The molecule has 4 aromatic rings. The Hall–Kier alpha value is -4.19. The number of alkyl halides is 2. The van der Waals surface area contributed by atoms with Crippen LogP contribution in [-0.2, 0) is 31.7 Å². The zero-order valence-corrected chi connectivity index (χ0v) is 22.9. The summed E-state index contributed by atoms with van der Waals surface area (Å²) in [5.41, 5.74) is 4.57. The highest BCUT2D eigenvalue weighted by Gasteiger charge is 2.33. The molecule has 0 saturated heterocycles. The van der Waals surface area contributed by atoms with Crippen LogP contribution in [0.15, 0.2) is 64.8 Å². The van der Waals surface area contributed by atoms with Gasteiger partial charge < -0.3 is 28.6 Å². The molecule has 0 saturated carbocycles. The lowest BCUT2D eigenvalue weighted by molar-refractivity contribution is -0.170. The predicted octanol–water partition coefficient (Wildman–Crippen LogP) is 2.34. The van der Waals surface area contributed by atoms with Crippen molar-refractivity contribution >= 4 is 38.2 Å². The number of methoxy groups -OCH3 is 2. The number of nitrogens with zero attached hydrogens (tertiary/aromatic N) is 3. The highest BCUT2D eigenvalue weighted by molar-refractivity contribution is 7.93. The van der Waals surface area contributed by atoms with Gasteiger partial charge in [-0.05, 0) is 36.4 Å². The number of pyridine rings is 1. The quantitative estimate of drug-likeness (QED) is 0.135. The molecule has 13 nitrogen and oxygen atoms in total. The van der Waals surface area contributed by atoms with Crippen LogP contribution in [0.1, 0.15) is 5.69 Å². The average molecular weight is 613 g/mol. The Morgan fingerprint density at radius 3 is 2.41 bits per heavy atom. The van der Waals surface area contributed by atoms with Crippen molar-refractivity contribution in [2.75, 3.05) is 20.8 Å². The van der Waals surface area contributed by atoms with Gasteiger partial charge in [0.25, 0.3) is 10.0 Å². The van der Waals surface area contributed by atoms with Gasteiger partial charge in [-0.3, -0.25) is 4.98 Å². The maximum atomic E-state index is 13.8. The maximum Gasteiger partial charge on any atom is 0.466 e. The summed E-state index contributed by atoms with van der Waals surface area (Å²) in [6.45, 7) is -0.643. The monoisotopic (exact) mass is 612 g/mol. The van der Waals surface area contributed by atoms with Crippen LogP contribution >= 0.6 is 0 Å². The number of imidazole rings is 1. The average Bonchev–Trinajstić information content (AvgIpc) is 3.31. The van der Waals surface area contributed by atoms with E-state index < -0.39 is 50.9 Å². The number of carboxylic acid groups (broad SMARTS) is 1. The van der Waals surface area contributed by atoms with Crippen molar-refractivity contribution in [1.29, 1.82) is 0 Å². The Balaban J connectivity index is 1.82. The van der Waals surface area contributed by atoms with Crippen molar-refractivity contribution in [2.24, 2.45) is 5.73 Å². The number of nitrogens with two attached hydrogens (primary N) is 1. The molecule has 0 fully saturated rings. The molecule has 1 unspecified atom stereocenters. The third-order valence-electron chi connectivity index (χ3n) is 5.37. The van der Waals surface area contributed by atoms with Crippen LogP contribution in [0.2, 0.25) is 0 Å². The number of benzene rings is 2. The fraction of sp³-hybridized carbons (Fsp3) is 0.208. The number of aromatic nitrogens is 3. The van der Waals surface area contributed by atoms with Gasteiger partial charge in [-0.25, -0.2) is 18.9 Å². The van der Waals surface area contributed by atoms with Crippen LogP contribution in [0.4, 0.5) is 8.78 Å². The number of rotatable bonds is 12. The van der Waals surface area contributed by atoms with Gasteiger partial charge in [-0.15, -0.1) is 8.78 Å². The van der Waals surface area contributed by atoms with Crippen molar-refractivity contribution in [3.05, 3.63) is 60.4 Å². The fourth-order valence-electron chi connectivity index (χ4n) is 3.71. The number of carboxylic acids is 1. The van der Waals surface area contributed by atoms with E-state index in [1.54, 1.807) is 0 Å². The molecule has 0 aliphatic rings. The van der Waals surface area contributed by atoms with Crippen LogP contribution in [0, 0.1) is 0 Å². The molecular formula is C24H22F2N4O9S2. The normalized spacial score (nSPS) is 12.6. The molecule has 0 radical (unpaired) electrons. The molecule has 0 amide bonds. The van der Waals surface area contributed by atoms with E-state index in [4.69, 9.17) is 19.3 Å². The van der Waals surface area contributed by atoms with E-state index in [1.165, 1.54) is 38.6 Å². The van der Waals surface area contributed by atoms with E-state index in [-0.39, 0.29) is 38.9 Å². The Bertz CT molecular complexity index is 1680. The molecule has 4 rings (SSSR count). The van der Waals surface area contributed by atoms with Crippen LogP contribution in [0.25, 0.3) is 11.0 Å². The van der Waals surface area contributed by atoms with Gasteiger partial charge in [0.1, 0.15) is 17.2 Å². The summed E-state index contributed by atoms with van der Waals surface area (Å²) in [5, 5.41) is 8.33. The molecule has 2 heterocycles. The van der Waals surface area contributed by atoms with E-state index in [1.807, 2.05) is 0 Å². The zero-order chi connectivity index (χ0) is 29.9. The highest BCUT2D eigenvalue weighted by Crippen LogP contribution is 2.34. The van der Waals surface area contributed by atoms with Gasteiger partial charge in [0.2, 0.25) is 0 Å². The maximum absolute atomic E-state index is 13.8. The largest absolute Gasteiger partial charge is 0.609 e. The molecule has 0 bridgehead atoms. The number of ether oxygens (including phenoxy) is 4. The minimum Gasteiger partial charge on any atom is -0.609 e. The number of hydrogen-bond donors (Lipinski definition) is 2. The van der Waals surface area contributed by atoms with E-state index in [2.05, 4.69) is 20.4 Å². The van der Waals surface area contributed by atoms with Crippen LogP contribution < -0.4 is 24.7 Å². The van der Waals surface area contributed by atoms with Gasteiger partial charge in [0.05, 0.1) is 30.1 Å². The Kier molecular flexibility index (Phi) is 8.52. The van der Waals surface area contributed by atoms with Crippen LogP contribution in [0.5, 0.6) is 23.0 Å². The molecule has 41 heavy (non-hydrogen) atoms. The molecule has 0 aliphatic heterocycles. The summed E-state index contributed by atoms with van der Waals surface area (Å²) in [7, 11) is -1.77. The van der Waals surface area contributed by atoms with E-state index in [0.717, 1.165) is 30.3 Å². The second-order valence-electron chi connectivity index (χ2n) is 8.12. The minimum atomic E-state index is -4.52. The van der Waals surface area contributed by atoms with Crippen molar-refractivity contribution in [1.82, 2.24) is 13.9 Å². The van der Waals surface area contributed by atoms with E-state index in [0.29, 0.717) is 9.72 Å². The standard InChI is InChI=1S/C24H22F2N4O9S2/c1-36-20-9-10-28-18(22(20)37-2)13-40(33)23-29-17-11-15(39-24(25,26)27)5-8-19(17)30(23)41(34,35)16-6-3-14(4-7-16)38-12-21(31)32/h3-11H,12-13,27H2,1-2H3,(H,31,32). The second kappa shape index (κ2) is 11.7. The first kappa shape index (κ1) is 29.8. The summed E-state index contributed by atoms with van der Waals surface area (Å²) in [6.07, 6.45) is -2.63. The molecule has 2 aromatic heterocycles. The van der Waals surface area contributed by atoms with Gasteiger partial charge in [-0.1, -0.05) is 0 Å². The second-order valence-corrected chi connectivity index (χ2v) is 11.2. The molecular weight excluding hydrogens is 590 g/mol. The minimum absolute atomic E-state index is 0.0892. The topological polar surface area (TPSA) is 188 Å². The van der Waals surface area contributed by atoms with E-state index in [9.17, 15) is 26.5 Å². The first-order valence-electron chi connectivity index (χ1n) is 11.4. The summed E-state index contributed by atoms with van der Waals surface area (Å²) in [4.78, 5) is 18.8. The highest BCUT2D eigenvalue weighted by atomic mass is 32.2. The van der Waals surface area contributed by atoms with Gasteiger partial charge in [0, 0.05) is 29.5 Å². The molecule has 0 spiro atoms. The van der Waals surface area contributed by atoms with Gasteiger partial charge in [0.15, 0.2) is 23.9 Å².